The van der Waals surface area contributed by atoms with E-state index in [1.54, 1.807) is 25.3 Å². The van der Waals surface area contributed by atoms with Crippen molar-refractivity contribution in [1.29, 1.82) is 0 Å². The second-order valence-electron chi connectivity index (χ2n) is 3.44. The maximum absolute atomic E-state index is 9.23. The summed E-state index contributed by atoms with van der Waals surface area (Å²) in [6, 6.07) is 4.93. The molecule has 1 saturated heterocycles. The predicted octanol–water partition coefficient (Wildman–Crippen LogP) is -0.580. The number of benzene rings is 1. The molecule has 1 fully saturated rings. The molecule has 5 nitrogen and oxygen atoms in total. The van der Waals surface area contributed by atoms with Crippen LogP contribution in [0.3, 0.4) is 0 Å². The van der Waals surface area contributed by atoms with E-state index < -0.39 is 13.4 Å². The van der Waals surface area contributed by atoms with Gasteiger partial charge in [0.25, 0.3) is 0 Å². The molecule has 0 aliphatic carbocycles. The Labute approximate surface area is 93.7 Å². The molecule has 0 amide bonds. The zero-order valence-electron chi connectivity index (χ0n) is 8.92. The van der Waals surface area contributed by atoms with Crippen molar-refractivity contribution in [2.24, 2.45) is 0 Å². The third-order valence-electron chi connectivity index (χ3n) is 2.45. The van der Waals surface area contributed by atoms with Crippen molar-refractivity contribution < 1.29 is 24.3 Å². The van der Waals surface area contributed by atoms with Gasteiger partial charge in [-0.1, -0.05) is 6.07 Å². The molecule has 2 rings (SSSR count). The molecular formula is C10H13BO5. The molecule has 0 atom stereocenters. The van der Waals surface area contributed by atoms with Gasteiger partial charge in [-0.25, -0.2) is 0 Å². The van der Waals surface area contributed by atoms with Crippen LogP contribution in [-0.2, 0) is 9.47 Å². The fraction of sp³-hybridized carbons (Fsp3) is 0.400. The first kappa shape index (κ1) is 11.4. The van der Waals surface area contributed by atoms with Crippen LogP contribution in [-0.4, -0.2) is 37.5 Å². The molecule has 16 heavy (non-hydrogen) atoms. The van der Waals surface area contributed by atoms with Crippen LogP contribution >= 0.6 is 0 Å². The molecule has 0 aromatic heterocycles. The first-order valence-electron chi connectivity index (χ1n) is 4.99. The minimum Gasteiger partial charge on any atom is -0.497 e. The van der Waals surface area contributed by atoms with Gasteiger partial charge in [-0.2, -0.15) is 0 Å². The molecule has 6 heteroatoms. The fourth-order valence-corrected chi connectivity index (χ4v) is 1.66. The average Bonchev–Trinajstić information content (AvgIpc) is 2.81. The number of hydrogen-bond acceptors (Lipinski definition) is 5. The van der Waals surface area contributed by atoms with Gasteiger partial charge in [-0.3, -0.25) is 0 Å². The number of ether oxygens (including phenoxy) is 3. The standard InChI is InChI=1S/C10H13BO5/c1-14-7-2-3-9(11(12)13)8(6-7)10-15-4-5-16-10/h2-3,6,10,12-13H,4-5H2,1H3. The van der Waals surface area contributed by atoms with E-state index in [-0.39, 0.29) is 0 Å². The Morgan fingerprint density at radius 1 is 1.31 bits per heavy atom. The van der Waals surface area contributed by atoms with E-state index in [1.165, 1.54) is 0 Å². The molecule has 1 aliphatic heterocycles. The normalized spacial score (nSPS) is 16.4. The second kappa shape index (κ2) is 4.84. The molecule has 1 aromatic carbocycles. The van der Waals surface area contributed by atoms with Gasteiger partial charge in [0, 0.05) is 5.56 Å². The van der Waals surface area contributed by atoms with Crippen LogP contribution in [0.25, 0.3) is 0 Å². The number of methoxy groups -OCH3 is 1. The van der Waals surface area contributed by atoms with Gasteiger partial charge in [0.15, 0.2) is 6.29 Å². The SMILES string of the molecule is COc1ccc(B(O)O)c(C2OCCO2)c1. The lowest BCUT2D eigenvalue weighted by molar-refractivity contribution is -0.0436. The van der Waals surface area contributed by atoms with E-state index >= 15 is 0 Å². The highest BCUT2D eigenvalue weighted by Crippen LogP contribution is 2.25. The lowest BCUT2D eigenvalue weighted by Gasteiger charge is -2.15. The summed E-state index contributed by atoms with van der Waals surface area (Å²) in [4.78, 5) is 0. The van der Waals surface area contributed by atoms with Crippen LogP contribution in [0.4, 0.5) is 0 Å². The molecular weight excluding hydrogens is 211 g/mol. The van der Waals surface area contributed by atoms with E-state index in [1.807, 2.05) is 0 Å². The van der Waals surface area contributed by atoms with Crippen LogP contribution < -0.4 is 10.2 Å². The third-order valence-corrected chi connectivity index (χ3v) is 2.45. The highest BCUT2D eigenvalue weighted by Gasteiger charge is 2.26. The van der Waals surface area contributed by atoms with Gasteiger partial charge in [0.2, 0.25) is 0 Å². The molecule has 2 N–H and O–H groups in total. The van der Waals surface area contributed by atoms with Gasteiger partial charge < -0.3 is 24.3 Å². The Balaban J connectivity index is 2.37. The molecule has 1 aromatic rings. The summed E-state index contributed by atoms with van der Waals surface area (Å²) < 4.78 is 15.7. The Hall–Kier alpha value is -1.08. The van der Waals surface area contributed by atoms with Crippen LogP contribution in [0.2, 0.25) is 0 Å². The summed E-state index contributed by atoms with van der Waals surface area (Å²) in [6.45, 7) is 1.01. The number of rotatable bonds is 3. The summed E-state index contributed by atoms with van der Waals surface area (Å²) in [7, 11) is -0.00134. The zero-order valence-corrected chi connectivity index (χ0v) is 8.92. The quantitative estimate of drug-likeness (QED) is 0.672. The number of hydrogen-bond donors (Lipinski definition) is 2. The molecule has 86 valence electrons. The lowest BCUT2D eigenvalue weighted by atomic mass is 9.76. The van der Waals surface area contributed by atoms with E-state index in [4.69, 9.17) is 14.2 Å². The smallest absolute Gasteiger partial charge is 0.488 e. The largest absolute Gasteiger partial charge is 0.497 e. The molecule has 1 aliphatic rings. The monoisotopic (exact) mass is 224 g/mol. The molecule has 1 heterocycles. The van der Waals surface area contributed by atoms with Crippen molar-refractivity contribution >= 4 is 12.6 Å². The minimum absolute atomic E-state index is 0.368. The lowest BCUT2D eigenvalue weighted by Crippen LogP contribution is -2.34. The topological polar surface area (TPSA) is 68.2 Å². The third kappa shape index (κ3) is 2.20. The summed E-state index contributed by atoms with van der Waals surface area (Å²) in [5.41, 5.74) is 0.958. The van der Waals surface area contributed by atoms with Crippen molar-refractivity contribution in [2.75, 3.05) is 20.3 Å². The summed E-state index contributed by atoms with van der Waals surface area (Å²) in [6.07, 6.45) is -0.549. The molecule has 0 spiro atoms. The van der Waals surface area contributed by atoms with E-state index in [0.29, 0.717) is 30.0 Å². The maximum atomic E-state index is 9.23. The zero-order chi connectivity index (χ0) is 11.5. The molecule has 0 unspecified atom stereocenters. The predicted molar refractivity (Wildman–Crippen MR) is 57.5 cm³/mol. The minimum atomic E-state index is -1.55. The second-order valence-corrected chi connectivity index (χ2v) is 3.44. The van der Waals surface area contributed by atoms with E-state index in [0.717, 1.165) is 0 Å². The van der Waals surface area contributed by atoms with Crippen molar-refractivity contribution in [3.63, 3.8) is 0 Å². The highest BCUT2D eigenvalue weighted by molar-refractivity contribution is 6.59. The van der Waals surface area contributed by atoms with Crippen LogP contribution in [0.1, 0.15) is 11.9 Å². The van der Waals surface area contributed by atoms with Crippen LogP contribution in [0, 0.1) is 0 Å². The van der Waals surface area contributed by atoms with Gasteiger partial charge in [-0.15, -0.1) is 0 Å². The van der Waals surface area contributed by atoms with Crippen molar-refractivity contribution in [2.45, 2.75) is 6.29 Å². The van der Waals surface area contributed by atoms with Crippen LogP contribution in [0.5, 0.6) is 5.75 Å². The van der Waals surface area contributed by atoms with Gasteiger partial charge in [0.05, 0.1) is 20.3 Å². The summed E-state index contributed by atoms with van der Waals surface area (Å²) >= 11 is 0. The van der Waals surface area contributed by atoms with Crippen molar-refractivity contribution in [3.05, 3.63) is 23.8 Å². The Morgan fingerprint density at radius 3 is 2.56 bits per heavy atom. The van der Waals surface area contributed by atoms with Crippen molar-refractivity contribution in [3.8, 4) is 5.75 Å². The van der Waals surface area contributed by atoms with Gasteiger partial charge in [-0.05, 0) is 17.6 Å². The van der Waals surface area contributed by atoms with Crippen molar-refractivity contribution in [1.82, 2.24) is 0 Å². The average molecular weight is 224 g/mol. The Morgan fingerprint density at radius 2 is 2.00 bits per heavy atom. The molecule has 0 saturated carbocycles. The fourth-order valence-electron chi connectivity index (χ4n) is 1.66. The van der Waals surface area contributed by atoms with E-state index in [2.05, 4.69) is 0 Å². The highest BCUT2D eigenvalue weighted by atomic mass is 16.7. The molecule has 0 radical (unpaired) electrons. The summed E-state index contributed by atoms with van der Waals surface area (Å²) in [5, 5.41) is 18.5. The van der Waals surface area contributed by atoms with Gasteiger partial charge >= 0.3 is 7.12 Å². The molecule has 0 bridgehead atoms. The Kier molecular flexibility index (Phi) is 3.45. The summed E-state index contributed by atoms with van der Waals surface area (Å²) in [5.74, 6) is 0.624. The first-order valence-corrected chi connectivity index (χ1v) is 4.99. The van der Waals surface area contributed by atoms with Gasteiger partial charge in [0.1, 0.15) is 5.75 Å². The van der Waals surface area contributed by atoms with E-state index in [9.17, 15) is 10.0 Å². The maximum Gasteiger partial charge on any atom is 0.488 e. The first-order chi connectivity index (χ1) is 7.72. The van der Waals surface area contributed by atoms with Crippen LogP contribution in [0.15, 0.2) is 18.2 Å². The Bertz CT molecular complexity index is 362.